The van der Waals surface area contributed by atoms with Gasteiger partial charge in [-0.2, -0.15) is 9.15 Å². The van der Waals surface area contributed by atoms with Gasteiger partial charge in [0, 0.05) is 81.6 Å². The van der Waals surface area contributed by atoms with E-state index in [1.165, 1.54) is 79.0 Å². The lowest BCUT2D eigenvalue weighted by Gasteiger charge is -2.08. The Morgan fingerprint density at radius 1 is 0.386 bits per heavy atom. The van der Waals surface area contributed by atoms with Gasteiger partial charge in [-0.25, -0.2) is 18.7 Å². The van der Waals surface area contributed by atoms with Crippen LogP contribution in [0.4, 0.5) is 22.7 Å². The van der Waals surface area contributed by atoms with Gasteiger partial charge in [0.1, 0.15) is 40.2 Å². The van der Waals surface area contributed by atoms with E-state index in [4.69, 9.17) is 9.47 Å². The number of hydrogen-bond donors (Lipinski definition) is 0. The number of esters is 2. The highest BCUT2D eigenvalue weighted by Crippen LogP contribution is 2.37. The van der Waals surface area contributed by atoms with Crippen molar-refractivity contribution in [3.63, 3.8) is 0 Å². The molecule has 8 nitrogen and oxygen atoms in total. The Labute approximate surface area is 495 Å². The molecule has 0 saturated carbocycles. The van der Waals surface area contributed by atoms with Crippen molar-refractivity contribution in [2.75, 3.05) is 14.1 Å². The third-order valence-electron chi connectivity index (χ3n) is 16.5. The average molecular weight is 1110 g/mol. The number of carbonyl (C=O) groups is 2. The van der Waals surface area contributed by atoms with Crippen LogP contribution >= 0.6 is 0 Å². The Kier molecular flexibility index (Phi) is 21.1. The molecule has 0 bridgehead atoms. The van der Waals surface area contributed by atoms with Gasteiger partial charge in [0.05, 0.1) is 25.7 Å². The Bertz CT molecular complexity index is 3410. The van der Waals surface area contributed by atoms with Gasteiger partial charge in [0.25, 0.3) is 0 Å². The van der Waals surface area contributed by atoms with Crippen LogP contribution in [0.1, 0.15) is 152 Å². The molecule has 0 N–H and O–H groups in total. The fourth-order valence-corrected chi connectivity index (χ4v) is 12.3. The van der Waals surface area contributed by atoms with E-state index in [0.29, 0.717) is 36.8 Å². The molecule has 0 spiro atoms. The van der Waals surface area contributed by atoms with Crippen LogP contribution in [0.5, 0.6) is 0 Å². The summed E-state index contributed by atoms with van der Waals surface area (Å²) in [4.78, 5) is 27.0. The van der Waals surface area contributed by atoms with E-state index in [2.05, 4.69) is 184 Å². The smallest absolute Gasteiger partial charge is 0.334 e. The van der Waals surface area contributed by atoms with Crippen molar-refractivity contribution in [2.45, 2.75) is 160 Å². The fourth-order valence-electron chi connectivity index (χ4n) is 12.3. The number of hydrogen-bond acceptors (Lipinski definition) is 4. The van der Waals surface area contributed by atoms with Crippen molar-refractivity contribution >= 4 is 57.5 Å². The molecule has 0 saturated heterocycles. The van der Waals surface area contributed by atoms with Crippen LogP contribution < -0.4 is 0 Å². The second-order valence-electron chi connectivity index (χ2n) is 21.5. The highest BCUT2D eigenvalue weighted by molar-refractivity contribution is 6.06. The average Bonchev–Trinajstić information content (AvgIpc) is 4.35. The molecule has 6 aliphatic rings. The lowest BCUT2D eigenvalue weighted by atomic mass is 10.0. The number of fused-ring (bicyclic) bond motifs is 4. The SMILES string of the molecule is CC.CC.CC.CC.CC1=C(C(=O)OCc2ccc(C[N+]3=C(CC4=[N+](C)c5ccccc5C4)Cc4ccccc43)cc2)CC(=C=C2CC(C)=C(C(=O)OCc3ccc(C[N+]4=C(CC5=[N+](C)c6ccccc6C5)Cc5ccccc54)cc3)C2)C1. The molecule has 0 fully saturated rings. The monoisotopic (exact) mass is 1110 g/mol. The molecule has 0 radical (unpaired) electrons. The lowest BCUT2D eigenvalue weighted by molar-refractivity contribution is -0.456. The summed E-state index contributed by atoms with van der Waals surface area (Å²) in [7, 11) is 4.39. The molecule has 83 heavy (non-hydrogen) atoms. The van der Waals surface area contributed by atoms with E-state index in [1.807, 2.05) is 69.2 Å². The Morgan fingerprint density at radius 2 is 0.687 bits per heavy atom. The number of allylic oxidation sites excluding steroid dienone is 3. The van der Waals surface area contributed by atoms with Crippen molar-refractivity contribution in [3.05, 3.63) is 229 Å². The minimum Gasteiger partial charge on any atom is -0.457 e. The lowest BCUT2D eigenvalue weighted by Crippen LogP contribution is -2.20. The summed E-state index contributed by atoms with van der Waals surface area (Å²) in [6.45, 7) is 22.0. The van der Waals surface area contributed by atoms with Crippen LogP contribution in [-0.4, -0.2) is 67.2 Å². The number of benzene rings is 6. The van der Waals surface area contributed by atoms with Crippen molar-refractivity contribution < 1.29 is 37.4 Å². The number of carbonyl (C=O) groups excluding carboxylic acids is 2. The maximum Gasteiger partial charge on any atom is 0.334 e. The van der Waals surface area contributed by atoms with Gasteiger partial charge in [0.15, 0.2) is 35.9 Å². The van der Waals surface area contributed by atoms with Gasteiger partial charge in [-0.1, -0.05) is 188 Å². The summed E-state index contributed by atoms with van der Waals surface area (Å²) in [5, 5.41) is 0. The molecular weight excluding hydrogens is 1020 g/mol. The van der Waals surface area contributed by atoms with Gasteiger partial charge in [-0.05, 0) is 49.0 Å². The number of ether oxygens (including phenoxy) is 2. The van der Waals surface area contributed by atoms with Gasteiger partial charge in [-0.15, -0.1) is 5.73 Å². The molecular formula is C75H88N4O4+4. The quantitative estimate of drug-likeness (QED) is 0.0619. The van der Waals surface area contributed by atoms with E-state index < -0.39 is 0 Å². The molecule has 0 atom stereocenters. The minimum absolute atomic E-state index is 0.214. The normalized spacial score (nSPS) is 15.3. The molecule has 4 heterocycles. The van der Waals surface area contributed by atoms with Crippen LogP contribution in [0.3, 0.4) is 0 Å². The Morgan fingerprint density at radius 3 is 1.04 bits per heavy atom. The third-order valence-corrected chi connectivity index (χ3v) is 16.5. The zero-order chi connectivity index (χ0) is 59.2. The fraction of sp³-hybridized carbons (Fsp3) is 0.347. The standard InChI is InChI=1S/C67H64N4O4.4C2H6/c1-44-29-50(32-60(44)66(72)74-42-48-25-21-46(22-26-48)40-70-58(36-54-15-7-11-19-64(54)70)38-56-34-52-13-5-9-17-62(52)68(56)3)31-51-30-45(2)61(33-51)67(73)75-43-49-27-23-47(24-28-49)41-71-59(37-55-16-8-12-20-65(55)71)39-57-35-53-14-6-10-18-63(53)69(57)4;4*1-2/h5-28H,29-30,32-43H2,1-4H3;4*1-2H3/q+4;;;;. The maximum absolute atomic E-state index is 13.5. The first-order valence-corrected chi connectivity index (χ1v) is 30.6. The molecule has 428 valence electrons. The van der Waals surface area contributed by atoms with E-state index in [-0.39, 0.29) is 25.2 Å². The molecule has 0 unspecified atom stereocenters. The van der Waals surface area contributed by atoms with Gasteiger partial charge in [0.2, 0.25) is 22.7 Å². The minimum atomic E-state index is -0.275. The number of rotatable bonds is 14. The second kappa shape index (κ2) is 28.8. The van der Waals surface area contributed by atoms with Crippen LogP contribution in [0, 0.1) is 0 Å². The predicted molar refractivity (Wildman–Crippen MR) is 341 cm³/mol. The molecule has 6 aromatic rings. The van der Waals surface area contributed by atoms with E-state index in [9.17, 15) is 9.59 Å². The predicted octanol–water partition coefficient (Wildman–Crippen LogP) is 16.7. The Balaban J connectivity index is 0.00000108. The third kappa shape index (κ3) is 13.9. The van der Waals surface area contributed by atoms with Crippen molar-refractivity contribution in [2.24, 2.45) is 0 Å². The molecule has 2 aliphatic carbocycles. The van der Waals surface area contributed by atoms with Crippen LogP contribution in [0.25, 0.3) is 0 Å². The topological polar surface area (TPSA) is 64.6 Å². The number of para-hydroxylation sites is 4. The van der Waals surface area contributed by atoms with Gasteiger partial charge in [-0.3, -0.25) is 0 Å². The number of nitrogens with zero attached hydrogens (tertiary/aromatic N) is 4. The first-order chi connectivity index (χ1) is 40.6. The zero-order valence-electron chi connectivity index (χ0n) is 51.7. The van der Waals surface area contributed by atoms with Crippen LogP contribution in [-0.2, 0) is 71.0 Å². The second-order valence-corrected chi connectivity index (χ2v) is 21.5. The first kappa shape index (κ1) is 61.0. The van der Waals surface area contributed by atoms with Gasteiger partial charge < -0.3 is 9.47 Å². The summed E-state index contributed by atoms with van der Waals surface area (Å²) in [6.07, 6.45) is 8.12. The van der Waals surface area contributed by atoms with Crippen molar-refractivity contribution in [1.82, 2.24) is 0 Å². The first-order valence-electron chi connectivity index (χ1n) is 30.6. The molecule has 6 aromatic carbocycles. The van der Waals surface area contributed by atoms with E-state index in [0.717, 1.165) is 85.0 Å². The highest BCUT2D eigenvalue weighted by Gasteiger charge is 2.37. The summed E-state index contributed by atoms with van der Waals surface area (Å²) < 4.78 is 21.6. The van der Waals surface area contributed by atoms with E-state index >= 15 is 0 Å². The van der Waals surface area contributed by atoms with Crippen LogP contribution in [0.15, 0.2) is 185 Å². The van der Waals surface area contributed by atoms with Crippen molar-refractivity contribution in [3.8, 4) is 0 Å². The van der Waals surface area contributed by atoms with Gasteiger partial charge >= 0.3 is 11.9 Å². The molecule has 0 aromatic heterocycles. The zero-order valence-corrected chi connectivity index (χ0v) is 51.7. The maximum atomic E-state index is 13.5. The summed E-state index contributed by atoms with van der Waals surface area (Å²) in [6, 6.07) is 51.9. The highest BCUT2D eigenvalue weighted by atomic mass is 16.5. The van der Waals surface area contributed by atoms with Crippen molar-refractivity contribution in [1.29, 1.82) is 0 Å². The summed E-state index contributed by atoms with van der Waals surface area (Å²) >= 11 is 0. The molecule has 4 aliphatic heterocycles. The Hall–Kier alpha value is -8.06. The summed E-state index contributed by atoms with van der Waals surface area (Å²) in [5.41, 5.74) is 30.0. The molecule has 8 heteroatoms. The largest absolute Gasteiger partial charge is 0.457 e. The molecule has 0 amide bonds. The molecule has 12 rings (SSSR count). The summed E-state index contributed by atoms with van der Waals surface area (Å²) in [5.74, 6) is -0.549. The van der Waals surface area contributed by atoms with Crippen LogP contribution in [0.2, 0.25) is 0 Å². The van der Waals surface area contributed by atoms with E-state index in [1.54, 1.807) is 0 Å².